The van der Waals surface area contributed by atoms with Crippen LogP contribution in [0.2, 0.25) is 0 Å². The van der Waals surface area contributed by atoms with Crippen LogP contribution in [0, 0.1) is 6.92 Å². The first-order valence-corrected chi connectivity index (χ1v) is 9.64. The number of likely N-dealkylation sites (tertiary alicyclic amines) is 1. The van der Waals surface area contributed by atoms with Gasteiger partial charge in [0, 0.05) is 44.2 Å². The van der Waals surface area contributed by atoms with Crippen molar-refractivity contribution in [2.45, 2.75) is 45.7 Å². The molecular weight excluding hydrogens is 358 g/mol. The van der Waals surface area contributed by atoms with E-state index in [4.69, 9.17) is 0 Å². The standard InChI is InChI=1S/C20H27N5O3/c1-14(17-12-23(3)22-15(17)2)21-20(28)16-7-8-18(26)25(11-16)13-19(27)24-9-5-4-6-10-24/h7-8,11-12,14H,4-6,9-10,13H2,1-3H3,(H,21,28). The zero-order valence-corrected chi connectivity index (χ0v) is 16.6. The van der Waals surface area contributed by atoms with Crippen LogP contribution in [0.15, 0.2) is 29.3 Å². The van der Waals surface area contributed by atoms with Crippen molar-refractivity contribution in [1.29, 1.82) is 0 Å². The third-order valence-electron chi connectivity index (χ3n) is 5.13. The Morgan fingerprint density at radius 2 is 1.89 bits per heavy atom. The summed E-state index contributed by atoms with van der Waals surface area (Å²) in [5, 5.41) is 7.22. The fraction of sp³-hybridized carbons (Fsp3) is 0.500. The highest BCUT2D eigenvalue weighted by atomic mass is 16.2. The monoisotopic (exact) mass is 385 g/mol. The lowest BCUT2D eigenvalue weighted by molar-refractivity contribution is -0.132. The highest BCUT2D eigenvalue weighted by molar-refractivity contribution is 5.94. The minimum Gasteiger partial charge on any atom is -0.345 e. The summed E-state index contributed by atoms with van der Waals surface area (Å²) in [6, 6.07) is 2.59. The van der Waals surface area contributed by atoms with Crippen molar-refractivity contribution < 1.29 is 9.59 Å². The second kappa shape index (κ2) is 8.41. The van der Waals surface area contributed by atoms with Crippen LogP contribution < -0.4 is 10.9 Å². The third-order valence-corrected chi connectivity index (χ3v) is 5.13. The number of carbonyl (C=O) groups excluding carboxylic acids is 2. The molecule has 0 radical (unpaired) electrons. The van der Waals surface area contributed by atoms with Crippen LogP contribution in [0.4, 0.5) is 0 Å². The van der Waals surface area contributed by atoms with Gasteiger partial charge in [-0.25, -0.2) is 0 Å². The van der Waals surface area contributed by atoms with Gasteiger partial charge in [0.25, 0.3) is 11.5 Å². The number of nitrogens with zero attached hydrogens (tertiary/aromatic N) is 4. The van der Waals surface area contributed by atoms with E-state index in [-0.39, 0.29) is 30.0 Å². The van der Waals surface area contributed by atoms with Gasteiger partial charge in [-0.05, 0) is 39.2 Å². The van der Waals surface area contributed by atoms with Crippen LogP contribution >= 0.6 is 0 Å². The molecule has 1 fully saturated rings. The second-order valence-electron chi connectivity index (χ2n) is 7.36. The van der Waals surface area contributed by atoms with Gasteiger partial charge in [0.1, 0.15) is 6.54 Å². The smallest absolute Gasteiger partial charge is 0.253 e. The molecule has 1 aliphatic heterocycles. The molecule has 8 heteroatoms. The number of hydrogen-bond acceptors (Lipinski definition) is 4. The van der Waals surface area contributed by atoms with E-state index in [2.05, 4.69) is 10.4 Å². The molecule has 2 amide bonds. The highest BCUT2D eigenvalue weighted by Gasteiger charge is 2.19. The summed E-state index contributed by atoms with van der Waals surface area (Å²) >= 11 is 0. The molecular formula is C20H27N5O3. The number of hydrogen-bond donors (Lipinski definition) is 1. The van der Waals surface area contributed by atoms with Crippen LogP contribution in [0.25, 0.3) is 0 Å². The molecule has 8 nitrogen and oxygen atoms in total. The second-order valence-corrected chi connectivity index (χ2v) is 7.36. The van der Waals surface area contributed by atoms with E-state index in [1.54, 1.807) is 9.58 Å². The summed E-state index contributed by atoms with van der Waals surface area (Å²) in [6.07, 6.45) is 6.46. The fourth-order valence-electron chi connectivity index (χ4n) is 3.58. The van der Waals surface area contributed by atoms with Crippen molar-refractivity contribution in [3.8, 4) is 0 Å². The van der Waals surface area contributed by atoms with Gasteiger partial charge in [-0.1, -0.05) is 0 Å². The number of nitrogens with one attached hydrogen (secondary N) is 1. The maximum absolute atomic E-state index is 12.6. The number of amides is 2. The van der Waals surface area contributed by atoms with Crippen LogP contribution in [0.5, 0.6) is 0 Å². The third kappa shape index (κ3) is 4.49. The van der Waals surface area contributed by atoms with Crippen molar-refractivity contribution in [2.24, 2.45) is 7.05 Å². The molecule has 2 aromatic rings. The predicted octanol–water partition coefficient (Wildman–Crippen LogP) is 1.39. The Balaban J connectivity index is 1.71. The van der Waals surface area contributed by atoms with Crippen LogP contribution in [-0.2, 0) is 18.4 Å². The fourth-order valence-corrected chi connectivity index (χ4v) is 3.58. The molecule has 0 aliphatic carbocycles. The molecule has 1 unspecified atom stereocenters. The van der Waals surface area contributed by atoms with Crippen molar-refractivity contribution >= 4 is 11.8 Å². The average Bonchev–Trinajstić information content (AvgIpc) is 3.02. The molecule has 28 heavy (non-hydrogen) atoms. The van der Waals surface area contributed by atoms with E-state index in [0.29, 0.717) is 5.56 Å². The molecule has 0 aromatic carbocycles. The molecule has 1 aliphatic rings. The first-order valence-electron chi connectivity index (χ1n) is 9.64. The van der Waals surface area contributed by atoms with Crippen molar-refractivity contribution in [3.05, 3.63) is 51.7 Å². The molecule has 1 N–H and O–H groups in total. The van der Waals surface area contributed by atoms with Gasteiger partial charge in [-0.15, -0.1) is 0 Å². The Labute approximate surface area is 164 Å². The number of aryl methyl sites for hydroxylation is 2. The maximum atomic E-state index is 12.6. The molecule has 1 atom stereocenters. The van der Waals surface area contributed by atoms with Gasteiger partial charge in [-0.2, -0.15) is 5.10 Å². The Hall–Kier alpha value is -2.90. The van der Waals surface area contributed by atoms with E-state index in [9.17, 15) is 14.4 Å². The minimum absolute atomic E-state index is 0.0444. The number of carbonyl (C=O) groups is 2. The summed E-state index contributed by atoms with van der Waals surface area (Å²) in [7, 11) is 1.83. The normalized spacial score (nSPS) is 15.3. The first-order chi connectivity index (χ1) is 13.3. The van der Waals surface area contributed by atoms with E-state index in [1.165, 1.54) is 22.9 Å². The van der Waals surface area contributed by atoms with E-state index in [1.807, 2.05) is 27.1 Å². The van der Waals surface area contributed by atoms with Crippen molar-refractivity contribution in [3.63, 3.8) is 0 Å². The lowest BCUT2D eigenvalue weighted by Gasteiger charge is -2.27. The largest absolute Gasteiger partial charge is 0.345 e. The molecule has 3 heterocycles. The average molecular weight is 385 g/mol. The van der Waals surface area contributed by atoms with E-state index >= 15 is 0 Å². The summed E-state index contributed by atoms with van der Waals surface area (Å²) in [5.41, 5.74) is 1.84. The van der Waals surface area contributed by atoms with Crippen molar-refractivity contribution in [1.82, 2.24) is 24.6 Å². The van der Waals surface area contributed by atoms with Crippen LogP contribution in [0.1, 0.15) is 53.8 Å². The zero-order chi connectivity index (χ0) is 20.3. The molecule has 2 aromatic heterocycles. The SMILES string of the molecule is Cc1nn(C)cc1C(C)NC(=O)c1ccc(=O)n(CC(=O)N2CCCCC2)c1. The van der Waals surface area contributed by atoms with Gasteiger partial charge < -0.3 is 14.8 Å². The van der Waals surface area contributed by atoms with Gasteiger partial charge in [0.2, 0.25) is 5.91 Å². The Morgan fingerprint density at radius 1 is 1.18 bits per heavy atom. The summed E-state index contributed by atoms with van der Waals surface area (Å²) in [6.45, 7) is 5.20. The van der Waals surface area contributed by atoms with E-state index in [0.717, 1.165) is 43.6 Å². The van der Waals surface area contributed by atoms with Gasteiger partial charge in [0.05, 0.1) is 17.3 Å². The summed E-state index contributed by atoms with van der Waals surface area (Å²) in [4.78, 5) is 39.0. The topological polar surface area (TPSA) is 89.2 Å². The molecule has 1 saturated heterocycles. The van der Waals surface area contributed by atoms with E-state index < -0.39 is 0 Å². The molecule has 0 bridgehead atoms. The lowest BCUT2D eigenvalue weighted by atomic mass is 10.1. The summed E-state index contributed by atoms with van der Waals surface area (Å²) < 4.78 is 3.02. The predicted molar refractivity (Wildman–Crippen MR) is 105 cm³/mol. The first kappa shape index (κ1) is 19.9. The van der Waals surface area contributed by atoms with Crippen molar-refractivity contribution in [2.75, 3.05) is 13.1 Å². The number of aromatic nitrogens is 3. The maximum Gasteiger partial charge on any atom is 0.253 e. The Morgan fingerprint density at radius 3 is 2.54 bits per heavy atom. The lowest BCUT2D eigenvalue weighted by Crippen LogP contribution is -2.39. The number of piperidine rings is 1. The Kier molecular flexibility index (Phi) is 5.96. The highest BCUT2D eigenvalue weighted by Crippen LogP contribution is 2.16. The van der Waals surface area contributed by atoms with Gasteiger partial charge >= 0.3 is 0 Å². The molecule has 3 rings (SSSR count). The molecule has 0 spiro atoms. The molecule has 0 saturated carbocycles. The van der Waals surface area contributed by atoms with Gasteiger partial charge in [-0.3, -0.25) is 19.1 Å². The molecule has 150 valence electrons. The van der Waals surface area contributed by atoms with Crippen LogP contribution in [-0.4, -0.2) is 44.2 Å². The number of pyridine rings is 1. The zero-order valence-electron chi connectivity index (χ0n) is 16.6. The number of rotatable bonds is 5. The van der Waals surface area contributed by atoms with Crippen LogP contribution in [0.3, 0.4) is 0 Å². The Bertz CT molecular complexity index is 924. The quantitative estimate of drug-likeness (QED) is 0.842. The van der Waals surface area contributed by atoms with Gasteiger partial charge in [0.15, 0.2) is 0 Å². The summed E-state index contributed by atoms with van der Waals surface area (Å²) in [5.74, 6) is -0.381. The minimum atomic E-state index is -0.296.